The van der Waals surface area contributed by atoms with Gasteiger partial charge in [-0.15, -0.1) is 12.4 Å². The molecule has 0 saturated carbocycles. The van der Waals surface area contributed by atoms with Gasteiger partial charge in [-0.05, 0) is 69.3 Å². The molecule has 2 amide bonds. The van der Waals surface area contributed by atoms with Gasteiger partial charge >= 0.3 is 0 Å². The molecule has 0 aromatic heterocycles. The molecule has 1 aromatic rings. The number of amides is 2. The number of hydrogen-bond acceptors (Lipinski definition) is 4. The maximum atomic E-state index is 12.4. The monoisotopic (exact) mass is 428 g/mol. The van der Waals surface area contributed by atoms with Crippen molar-refractivity contribution >= 4 is 41.5 Å². The van der Waals surface area contributed by atoms with Gasteiger partial charge in [0.2, 0.25) is 11.8 Å². The molecule has 2 unspecified atom stereocenters. The normalized spacial score (nSPS) is 22.4. The van der Waals surface area contributed by atoms with Crippen LogP contribution in [0.4, 0.5) is 5.69 Å². The fraction of sp³-hybridized carbons (Fsp3) is 0.600. The molecule has 2 atom stereocenters. The minimum absolute atomic E-state index is 0. The molecule has 2 aliphatic heterocycles. The summed E-state index contributed by atoms with van der Waals surface area (Å²) in [5.41, 5.74) is 1.75. The summed E-state index contributed by atoms with van der Waals surface area (Å²) in [7, 11) is 0. The number of hydrogen-bond donors (Lipinski definition) is 3. The zero-order valence-electron chi connectivity index (χ0n) is 16.3. The number of carbonyl (C=O) groups is 2. The van der Waals surface area contributed by atoms with Gasteiger partial charge in [0.25, 0.3) is 0 Å². The summed E-state index contributed by atoms with van der Waals surface area (Å²) >= 11 is 6.02. The van der Waals surface area contributed by atoms with Crippen LogP contribution in [0, 0.1) is 12.8 Å². The smallest absolute Gasteiger partial charge is 0.238 e. The van der Waals surface area contributed by atoms with E-state index >= 15 is 0 Å². The van der Waals surface area contributed by atoms with Crippen molar-refractivity contribution in [3.05, 3.63) is 28.8 Å². The van der Waals surface area contributed by atoms with Gasteiger partial charge in [0.05, 0.1) is 12.6 Å². The van der Waals surface area contributed by atoms with Gasteiger partial charge in [0.1, 0.15) is 0 Å². The minimum atomic E-state index is -0.0311. The van der Waals surface area contributed by atoms with E-state index < -0.39 is 0 Å². The molecule has 2 saturated heterocycles. The van der Waals surface area contributed by atoms with Crippen molar-refractivity contribution in [3.8, 4) is 0 Å². The third-order valence-electron chi connectivity index (χ3n) is 5.39. The SMILES string of the molecule is Cc1ccc(Cl)cc1NC(=O)CN1CCCC(CNC(=O)C2CCCN2)C1.Cl. The van der Waals surface area contributed by atoms with Crippen LogP contribution in [0.25, 0.3) is 0 Å². The molecule has 8 heteroatoms. The Morgan fingerprint density at radius 3 is 2.86 bits per heavy atom. The summed E-state index contributed by atoms with van der Waals surface area (Å²) in [6.07, 6.45) is 4.12. The number of halogens is 2. The van der Waals surface area contributed by atoms with E-state index in [2.05, 4.69) is 20.9 Å². The fourth-order valence-electron chi connectivity index (χ4n) is 3.86. The molecule has 2 fully saturated rings. The minimum Gasteiger partial charge on any atom is -0.354 e. The van der Waals surface area contributed by atoms with E-state index in [0.717, 1.165) is 56.6 Å². The van der Waals surface area contributed by atoms with Crippen molar-refractivity contribution in [2.45, 2.75) is 38.6 Å². The Morgan fingerprint density at radius 2 is 2.11 bits per heavy atom. The van der Waals surface area contributed by atoms with E-state index in [1.54, 1.807) is 6.07 Å². The number of rotatable bonds is 6. The summed E-state index contributed by atoms with van der Waals surface area (Å²) in [6.45, 7) is 5.67. The lowest BCUT2D eigenvalue weighted by atomic mass is 9.98. The van der Waals surface area contributed by atoms with Crippen molar-refractivity contribution in [2.24, 2.45) is 5.92 Å². The number of benzene rings is 1. The summed E-state index contributed by atoms with van der Waals surface area (Å²) in [6, 6.07) is 5.46. The first-order valence-corrected chi connectivity index (χ1v) is 10.2. The van der Waals surface area contributed by atoms with Crippen LogP contribution in [0.1, 0.15) is 31.2 Å². The highest BCUT2D eigenvalue weighted by atomic mass is 35.5. The van der Waals surface area contributed by atoms with E-state index in [1.807, 2.05) is 19.1 Å². The molecule has 0 bridgehead atoms. The van der Waals surface area contributed by atoms with E-state index in [-0.39, 0.29) is 30.3 Å². The Morgan fingerprint density at radius 1 is 1.29 bits per heavy atom. The van der Waals surface area contributed by atoms with Crippen LogP contribution in [-0.2, 0) is 9.59 Å². The first kappa shape index (κ1) is 22.9. The Balaban J connectivity index is 0.00000280. The Labute approximate surface area is 178 Å². The second kappa shape index (κ2) is 11.0. The van der Waals surface area contributed by atoms with Gasteiger partial charge < -0.3 is 16.0 Å². The van der Waals surface area contributed by atoms with E-state index in [1.165, 1.54) is 0 Å². The summed E-state index contributed by atoms with van der Waals surface area (Å²) in [5.74, 6) is 0.476. The predicted octanol–water partition coefficient (Wildman–Crippen LogP) is 2.59. The average molecular weight is 429 g/mol. The van der Waals surface area contributed by atoms with Gasteiger partial charge in [0.15, 0.2) is 0 Å². The second-order valence-electron chi connectivity index (χ2n) is 7.64. The molecule has 3 rings (SSSR count). The van der Waals surface area contributed by atoms with Crippen molar-refractivity contribution in [1.82, 2.24) is 15.5 Å². The van der Waals surface area contributed by atoms with Gasteiger partial charge in [-0.25, -0.2) is 0 Å². The first-order chi connectivity index (χ1) is 13.0. The zero-order chi connectivity index (χ0) is 19.2. The van der Waals surface area contributed by atoms with Gasteiger partial charge in [0, 0.05) is 23.8 Å². The van der Waals surface area contributed by atoms with Crippen molar-refractivity contribution < 1.29 is 9.59 Å². The lowest BCUT2D eigenvalue weighted by Crippen LogP contribution is -2.46. The highest BCUT2D eigenvalue weighted by Crippen LogP contribution is 2.21. The number of aryl methyl sites for hydroxylation is 1. The van der Waals surface area contributed by atoms with Crippen LogP contribution >= 0.6 is 24.0 Å². The third-order valence-corrected chi connectivity index (χ3v) is 5.62. The molecule has 0 spiro atoms. The topological polar surface area (TPSA) is 73.5 Å². The molecule has 28 heavy (non-hydrogen) atoms. The van der Waals surface area contributed by atoms with Crippen molar-refractivity contribution in [1.29, 1.82) is 0 Å². The molecule has 0 radical (unpaired) electrons. The molecule has 2 aliphatic rings. The van der Waals surface area contributed by atoms with Crippen LogP contribution in [-0.4, -0.2) is 55.5 Å². The van der Waals surface area contributed by atoms with Gasteiger partial charge in [-0.1, -0.05) is 17.7 Å². The van der Waals surface area contributed by atoms with E-state index in [9.17, 15) is 9.59 Å². The number of nitrogens with zero attached hydrogens (tertiary/aromatic N) is 1. The Hall–Kier alpha value is -1.34. The molecular formula is C20H30Cl2N4O2. The number of carbonyl (C=O) groups excluding carboxylic acids is 2. The zero-order valence-corrected chi connectivity index (χ0v) is 17.9. The molecule has 156 valence electrons. The second-order valence-corrected chi connectivity index (χ2v) is 8.08. The maximum Gasteiger partial charge on any atom is 0.238 e. The Bertz CT molecular complexity index is 680. The van der Waals surface area contributed by atoms with Crippen LogP contribution in [0.5, 0.6) is 0 Å². The number of likely N-dealkylation sites (tertiary alicyclic amines) is 1. The van der Waals surface area contributed by atoms with Gasteiger partial charge in [-0.3, -0.25) is 14.5 Å². The van der Waals surface area contributed by atoms with Crippen LogP contribution in [0.2, 0.25) is 5.02 Å². The third kappa shape index (κ3) is 6.62. The van der Waals surface area contributed by atoms with Crippen LogP contribution in [0.3, 0.4) is 0 Å². The molecule has 2 heterocycles. The molecular weight excluding hydrogens is 399 g/mol. The quantitative estimate of drug-likeness (QED) is 0.650. The van der Waals surface area contributed by atoms with Crippen LogP contribution in [0.15, 0.2) is 18.2 Å². The number of nitrogens with one attached hydrogen (secondary N) is 3. The standard InChI is InChI=1S/C20H29ClN4O2.ClH/c1-14-6-7-16(21)10-18(14)24-19(26)13-25-9-3-4-15(12-25)11-23-20(27)17-5-2-8-22-17;/h6-7,10,15,17,22H,2-5,8-9,11-13H2,1H3,(H,23,27)(H,24,26);1H. The number of anilines is 1. The molecule has 6 nitrogen and oxygen atoms in total. The Kier molecular flexibility index (Phi) is 9.02. The maximum absolute atomic E-state index is 12.4. The molecule has 0 aliphatic carbocycles. The van der Waals surface area contributed by atoms with Crippen LogP contribution < -0.4 is 16.0 Å². The lowest BCUT2D eigenvalue weighted by molar-refractivity contribution is -0.123. The highest BCUT2D eigenvalue weighted by Gasteiger charge is 2.25. The fourth-order valence-corrected chi connectivity index (χ4v) is 4.03. The predicted molar refractivity (Wildman–Crippen MR) is 115 cm³/mol. The largest absolute Gasteiger partial charge is 0.354 e. The van der Waals surface area contributed by atoms with Gasteiger partial charge in [-0.2, -0.15) is 0 Å². The summed E-state index contributed by atoms with van der Waals surface area (Å²) in [5, 5.41) is 9.87. The van der Waals surface area contributed by atoms with E-state index in [4.69, 9.17) is 11.6 Å². The average Bonchev–Trinajstić information content (AvgIpc) is 3.18. The summed E-state index contributed by atoms with van der Waals surface area (Å²) < 4.78 is 0. The molecule has 1 aromatic carbocycles. The number of piperidine rings is 1. The van der Waals surface area contributed by atoms with E-state index in [0.29, 0.717) is 24.0 Å². The molecule has 3 N–H and O–H groups in total. The first-order valence-electron chi connectivity index (χ1n) is 9.80. The summed E-state index contributed by atoms with van der Waals surface area (Å²) in [4.78, 5) is 26.7. The lowest BCUT2D eigenvalue weighted by Gasteiger charge is -2.32. The van der Waals surface area contributed by atoms with Crippen molar-refractivity contribution in [2.75, 3.05) is 38.0 Å². The highest BCUT2D eigenvalue weighted by molar-refractivity contribution is 6.31. The van der Waals surface area contributed by atoms with Crippen molar-refractivity contribution in [3.63, 3.8) is 0 Å².